The number of rotatable bonds is 4. The minimum Gasteiger partial charge on any atom is -0.379 e. The SMILES string of the molecule is CC1COCCN1CCNC(=O)[C@@H](C)N.Cl.Cl. The second-order valence-corrected chi connectivity index (χ2v) is 4.04. The molecule has 5 nitrogen and oxygen atoms in total. The minimum atomic E-state index is -0.424. The van der Waals surface area contributed by atoms with E-state index in [9.17, 15) is 4.79 Å². The summed E-state index contributed by atoms with van der Waals surface area (Å²) in [5.41, 5.74) is 5.44. The van der Waals surface area contributed by atoms with Gasteiger partial charge >= 0.3 is 0 Å². The van der Waals surface area contributed by atoms with Crippen molar-refractivity contribution >= 4 is 30.7 Å². The normalized spacial score (nSPS) is 21.9. The highest BCUT2D eigenvalue weighted by molar-refractivity contribution is 5.85. The van der Waals surface area contributed by atoms with Gasteiger partial charge in [-0.2, -0.15) is 0 Å². The molecule has 104 valence electrons. The first-order valence-corrected chi connectivity index (χ1v) is 5.46. The summed E-state index contributed by atoms with van der Waals surface area (Å²) in [6.45, 7) is 7.84. The molecular weight excluding hydrogens is 265 g/mol. The number of nitrogens with two attached hydrogens (primary N) is 1. The first-order valence-electron chi connectivity index (χ1n) is 5.46. The van der Waals surface area contributed by atoms with Crippen LogP contribution >= 0.6 is 24.8 Å². The lowest BCUT2D eigenvalue weighted by Crippen LogP contribution is -2.48. The standard InChI is InChI=1S/C10H21N3O2.2ClH/c1-8-7-15-6-5-13(8)4-3-12-10(14)9(2)11;;/h8-9H,3-7,11H2,1-2H3,(H,12,14);2*1H/t8?,9-;;/m1../s1. The summed E-state index contributed by atoms with van der Waals surface area (Å²) in [6, 6.07) is 0.0121. The third-order valence-corrected chi connectivity index (χ3v) is 2.62. The molecule has 0 bridgehead atoms. The van der Waals surface area contributed by atoms with Gasteiger partial charge in [-0.05, 0) is 13.8 Å². The Kier molecular flexibility index (Phi) is 11.2. The molecule has 0 aliphatic carbocycles. The maximum Gasteiger partial charge on any atom is 0.236 e. The van der Waals surface area contributed by atoms with Gasteiger partial charge in [0.15, 0.2) is 0 Å². The first-order chi connectivity index (χ1) is 7.11. The van der Waals surface area contributed by atoms with Crippen molar-refractivity contribution in [2.24, 2.45) is 5.73 Å². The molecule has 7 heteroatoms. The van der Waals surface area contributed by atoms with Crippen molar-refractivity contribution in [1.82, 2.24) is 10.2 Å². The second kappa shape index (κ2) is 9.91. The summed E-state index contributed by atoms with van der Waals surface area (Å²) in [4.78, 5) is 13.5. The van der Waals surface area contributed by atoms with Crippen LogP contribution in [0.15, 0.2) is 0 Å². The zero-order valence-corrected chi connectivity index (χ0v) is 12.0. The zero-order valence-electron chi connectivity index (χ0n) is 10.3. The molecule has 0 aromatic heterocycles. The fourth-order valence-corrected chi connectivity index (χ4v) is 1.58. The molecule has 1 saturated heterocycles. The summed E-state index contributed by atoms with van der Waals surface area (Å²) in [7, 11) is 0. The van der Waals surface area contributed by atoms with Crippen molar-refractivity contribution in [3.8, 4) is 0 Å². The van der Waals surface area contributed by atoms with Crippen LogP contribution in [0.25, 0.3) is 0 Å². The number of nitrogens with zero attached hydrogens (tertiary/aromatic N) is 1. The van der Waals surface area contributed by atoms with Crippen LogP contribution in [-0.4, -0.2) is 55.7 Å². The third-order valence-electron chi connectivity index (χ3n) is 2.62. The molecule has 0 spiro atoms. The fraction of sp³-hybridized carbons (Fsp3) is 0.900. The van der Waals surface area contributed by atoms with E-state index in [1.807, 2.05) is 0 Å². The van der Waals surface area contributed by atoms with E-state index in [0.717, 1.165) is 26.3 Å². The highest BCUT2D eigenvalue weighted by Gasteiger charge is 2.18. The molecule has 0 saturated carbocycles. The van der Waals surface area contributed by atoms with Crippen LogP contribution in [0.4, 0.5) is 0 Å². The molecule has 1 fully saturated rings. The summed E-state index contributed by atoms with van der Waals surface area (Å²) < 4.78 is 5.33. The largest absolute Gasteiger partial charge is 0.379 e. The van der Waals surface area contributed by atoms with Crippen LogP contribution in [0.2, 0.25) is 0 Å². The van der Waals surface area contributed by atoms with Gasteiger partial charge < -0.3 is 15.8 Å². The maximum atomic E-state index is 11.2. The van der Waals surface area contributed by atoms with Crippen molar-refractivity contribution in [1.29, 1.82) is 0 Å². The van der Waals surface area contributed by atoms with Crippen LogP contribution in [0, 0.1) is 0 Å². The Hall–Kier alpha value is -0.0700. The van der Waals surface area contributed by atoms with Gasteiger partial charge in [0.25, 0.3) is 0 Å². The highest BCUT2D eigenvalue weighted by Crippen LogP contribution is 2.04. The van der Waals surface area contributed by atoms with Gasteiger partial charge in [-0.3, -0.25) is 9.69 Å². The number of ether oxygens (including phenoxy) is 1. The molecule has 1 aliphatic rings. The predicted molar refractivity (Wildman–Crippen MR) is 73.0 cm³/mol. The van der Waals surface area contributed by atoms with Crippen LogP contribution < -0.4 is 11.1 Å². The monoisotopic (exact) mass is 287 g/mol. The number of carbonyl (C=O) groups is 1. The molecule has 0 radical (unpaired) electrons. The van der Waals surface area contributed by atoms with Crippen molar-refractivity contribution in [2.45, 2.75) is 25.9 Å². The Labute approximate surface area is 115 Å². The number of halogens is 2. The van der Waals surface area contributed by atoms with E-state index in [4.69, 9.17) is 10.5 Å². The first kappa shape index (κ1) is 19.3. The lowest BCUT2D eigenvalue weighted by molar-refractivity contribution is -0.122. The quantitative estimate of drug-likeness (QED) is 0.765. The Morgan fingerprint density at radius 1 is 1.59 bits per heavy atom. The molecular formula is C10H23Cl2N3O2. The van der Waals surface area contributed by atoms with Crippen LogP contribution in [-0.2, 0) is 9.53 Å². The topological polar surface area (TPSA) is 67.6 Å². The molecule has 2 atom stereocenters. The molecule has 1 rings (SSSR count). The van der Waals surface area contributed by atoms with E-state index in [1.165, 1.54) is 0 Å². The zero-order chi connectivity index (χ0) is 11.3. The lowest BCUT2D eigenvalue weighted by atomic mass is 10.2. The van der Waals surface area contributed by atoms with Gasteiger partial charge in [0.1, 0.15) is 0 Å². The van der Waals surface area contributed by atoms with Gasteiger partial charge in [-0.1, -0.05) is 0 Å². The predicted octanol–water partition coefficient (Wildman–Crippen LogP) is 0.0141. The van der Waals surface area contributed by atoms with E-state index >= 15 is 0 Å². The molecule has 0 aromatic rings. The summed E-state index contributed by atoms with van der Waals surface area (Å²) in [6.07, 6.45) is 0. The Morgan fingerprint density at radius 3 is 2.76 bits per heavy atom. The Balaban J connectivity index is 0. The van der Waals surface area contributed by atoms with Crippen molar-refractivity contribution < 1.29 is 9.53 Å². The lowest BCUT2D eigenvalue weighted by Gasteiger charge is -2.33. The molecule has 1 unspecified atom stereocenters. The number of amides is 1. The van der Waals surface area contributed by atoms with Crippen molar-refractivity contribution in [3.63, 3.8) is 0 Å². The summed E-state index contributed by atoms with van der Waals surface area (Å²) in [5, 5.41) is 2.80. The fourth-order valence-electron chi connectivity index (χ4n) is 1.58. The molecule has 3 N–H and O–H groups in total. The molecule has 1 heterocycles. The smallest absolute Gasteiger partial charge is 0.236 e. The second-order valence-electron chi connectivity index (χ2n) is 4.04. The van der Waals surface area contributed by atoms with E-state index in [1.54, 1.807) is 6.92 Å². The number of carbonyl (C=O) groups excluding carboxylic acids is 1. The van der Waals surface area contributed by atoms with Gasteiger partial charge in [-0.15, -0.1) is 24.8 Å². The van der Waals surface area contributed by atoms with E-state index in [0.29, 0.717) is 12.6 Å². The van der Waals surface area contributed by atoms with Gasteiger partial charge in [0.05, 0.1) is 19.3 Å². The summed E-state index contributed by atoms with van der Waals surface area (Å²) in [5.74, 6) is -0.0871. The van der Waals surface area contributed by atoms with Gasteiger partial charge in [0.2, 0.25) is 5.91 Å². The number of hydrogen-bond acceptors (Lipinski definition) is 4. The average Bonchev–Trinajstić information content (AvgIpc) is 2.20. The van der Waals surface area contributed by atoms with E-state index in [-0.39, 0.29) is 30.7 Å². The van der Waals surface area contributed by atoms with Crippen LogP contribution in [0.5, 0.6) is 0 Å². The highest BCUT2D eigenvalue weighted by atomic mass is 35.5. The van der Waals surface area contributed by atoms with Crippen LogP contribution in [0.3, 0.4) is 0 Å². The number of morpholine rings is 1. The van der Waals surface area contributed by atoms with Crippen molar-refractivity contribution in [3.05, 3.63) is 0 Å². The molecule has 0 aromatic carbocycles. The maximum absolute atomic E-state index is 11.2. The molecule has 17 heavy (non-hydrogen) atoms. The minimum absolute atomic E-state index is 0. The number of hydrogen-bond donors (Lipinski definition) is 2. The van der Waals surface area contributed by atoms with E-state index in [2.05, 4.69) is 17.1 Å². The van der Waals surface area contributed by atoms with Crippen LogP contribution in [0.1, 0.15) is 13.8 Å². The summed E-state index contributed by atoms with van der Waals surface area (Å²) >= 11 is 0. The average molecular weight is 288 g/mol. The third kappa shape index (κ3) is 7.06. The molecule has 1 amide bonds. The van der Waals surface area contributed by atoms with E-state index < -0.39 is 6.04 Å². The van der Waals surface area contributed by atoms with Gasteiger partial charge in [-0.25, -0.2) is 0 Å². The van der Waals surface area contributed by atoms with Crippen molar-refractivity contribution in [2.75, 3.05) is 32.8 Å². The Bertz CT molecular complexity index is 218. The Morgan fingerprint density at radius 2 is 2.24 bits per heavy atom. The van der Waals surface area contributed by atoms with Gasteiger partial charge in [0, 0.05) is 25.7 Å². The molecule has 1 aliphatic heterocycles. The number of nitrogens with one attached hydrogen (secondary N) is 1.